The van der Waals surface area contributed by atoms with Crippen LogP contribution in [0.25, 0.3) is 22.1 Å². The number of furan rings is 1. The number of fused-ring (bicyclic) bond motifs is 1. The molecule has 0 unspecified atom stereocenters. The number of esters is 1. The number of carbonyl (C=O) groups excluding carboxylic acids is 1. The van der Waals surface area contributed by atoms with Crippen LogP contribution < -0.4 is 0 Å². The third-order valence-corrected chi connectivity index (χ3v) is 5.24. The second-order valence-electron chi connectivity index (χ2n) is 7.44. The SMILES string of the molecule is COC(=O)[C@@H](Cc1ccccc1)N(OCc1cc2cc(-c3ccccc3)ccc2o1)C(=O)O. The summed E-state index contributed by atoms with van der Waals surface area (Å²) in [6.45, 7) is -0.163. The number of rotatable bonds is 8. The third-order valence-electron chi connectivity index (χ3n) is 5.24. The van der Waals surface area contributed by atoms with Crippen LogP contribution in [0.5, 0.6) is 0 Å². The van der Waals surface area contributed by atoms with Crippen LogP contribution in [-0.2, 0) is 27.4 Å². The quantitative estimate of drug-likeness (QED) is 0.293. The number of carbonyl (C=O) groups is 2. The van der Waals surface area contributed by atoms with Gasteiger partial charge in [0, 0.05) is 11.8 Å². The Labute approximate surface area is 190 Å². The van der Waals surface area contributed by atoms with Crippen LogP contribution in [0.15, 0.2) is 89.3 Å². The van der Waals surface area contributed by atoms with Gasteiger partial charge in [0.2, 0.25) is 0 Å². The van der Waals surface area contributed by atoms with Crippen molar-refractivity contribution in [2.24, 2.45) is 0 Å². The van der Waals surface area contributed by atoms with Gasteiger partial charge in [0.05, 0.1) is 7.11 Å². The molecule has 0 saturated carbocycles. The molecule has 1 atom stereocenters. The number of ether oxygens (including phenoxy) is 1. The van der Waals surface area contributed by atoms with E-state index >= 15 is 0 Å². The van der Waals surface area contributed by atoms with E-state index in [9.17, 15) is 14.7 Å². The van der Waals surface area contributed by atoms with Crippen LogP contribution in [0.2, 0.25) is 0 Å². The van der Waals surface area contributed by atoms with E-state index in [0.717, 1.165) is 22.1 Å². The topological polar surface area (TPSA) is 89.2 Å². The van der Waals surface area contributed by atoms with E-state index in [2.05, 4.69) is 0 Å². The Morgan fingerprint density at radius 2 is 1.64 bits per heavy atom. The number of nitrogens with zero attached hydrogens (tertiary/aromatic N) is 1. The lowest BCUT2D eigenvalue weighted by Crippen LogP contribution is -2.46. The first-order valence-electron chi connectivity index (χ1n) is 10.4. The van der Waals surface area contributed by atoms with Crippen molar-refractivity contribution in [1.82, 2.24) is 5.06 Å². The average molecular weight is 445 g/mol. The van der Waals surface area contributed by atoms with Crippen molar-refractivity contribution >= 4 is 23.0 Å². The number of benzene rings is 3. The van der Waals surface area contributed by atoms with Crippen molar-refractivity contribution in [3.05, 3.63) is 96.3 Å². The molecule has 0 radical (unpaired) electrons. The Hall–Kier alpha value is -4.10. The zero-order valence-electron chi connectivity index (χ0n) is 18.0. The summed E-state index contributed by atoms with van der Waals surface area (Å²) in [5.74, 6) is -0.275. The molecular formula is C26H23NO6. The van der Waals surface area contributed by atoms with Crippen LogP contribution in [0, 0.1) is 0 Å². The van der Waals surface area contributed by atoms with Gasteiger partial charge in [-0.25, -0.2) is 9.59 Å². The van der Waals surface area contributed by atoms with Crippen LogP contribution in [-0.4, -0.2) is 35.4 Å². The van der Waals surface area contributed by atoms with Gasteiger partial charge in [-0.15, -0.1) is 0 Å². The molecule has 1 N–H and O–H groups in total. The minimum atomic E-state index is -1.40. The lowest BCUT2D eigenvalue weighted by Gasteiger charge is -2.26. The molecule has 0 bridgehead atoms. The van der Waals surface area contributed by atoms with Crippen LogP contribution in [0.4, 0.5) is 4.79 Å². The fraction of sp³-hybridized carbons (Fsp3) is 0.154. The molecule has 1 heterocycles. The largest absolute Gasteiger partial charge is 0.467 e. The van der Waals surface area contributed by atoms with E-state index in [1.165, 1.54) is 7.11 Å². The molecule has 168 valence electrons. The molecule has 0 spiro atoms. The van der Waals surface area contributed by atoms with Gasteiger partial charge in [0.1, 0.15) is 18.0 Å². The molecule has 0 aliphatic heterocycles. The minimum absolute atomic E-state index is 0.111. The number of hydrogen-bond donors (Lipinski definition) is 1. The molecule has 4 rings (SSSR count). The van der Waals surface area contributed by atoms with Gasteiger partial charge in [-0.3, -0.25) is 4.84 Å². The Morgan fingerprint density at radius 1 is 0.939 bits per heavy atom. The van der Waals surface area contributed by atoms with Crippen molar-refractivity contribution in [2.75, 3.05) is 7.11 Å². The van der Waals surface area contributed by atoms with E-state index in [4.69, 9.17) is 14.0 Å². The Bertz CT molecular complexity index is 1240. The summed E-state index contributed by atoms with van der Waals surface area (Å²) in [4.78, 5) is 29.8. The van der Waals surface area contributed by atoms with E-state index in [1.54, 1.807) is 18.2 Å². The fourth-order valence-corrected chi connectivity index (χ4v) is 3.63. The number of hydroxylamine groups is 2. The molecule has 0 fully saturated rings. The molecule has 7 nitrogen and oxygen atoms in total. The summed E-state index contributed by atoms with van der Waals surface area (Å²) < 4.78 is 10.6. The summed E-state index contributed by atoms with van der Waals surface area (Å²) in [5.41, 5.74) is 3.55. The van der Waals surface area contributed by atoms with Crippen LogP contribution in [0.3, 0.4) is 0 Å². The summed E-state index contributed by atoms with van der Waals surface area (Å²) >= 11 is 0. The monoisotopic (exact) mass is 445 g/mol. The molecular weight excluding hydrogens is 422 g/mol. The first-order valence-corrected chi connectivity index (χ1v) is 10.4. The highest BCUT2D eigenvalue weighted by atomic mass is 16.7. The lowest BCUT2D eigenvalue weighted by molar-refractivity contribution is -0.189. The van der Waals surface area contributed by atoms with Crippen molar-refractivity contribution in [1.29, 1.82) is 0 Å². The molecule has 33 heavy (non-hydrogen) atoms. The maximum atomic E-state index is 12.4. The average Bonchev–Trinajstić information content (AvgIpc) is 3.26. The molecule has 7 heteroatoms. The number of amides is 1. The first-order chi connectivity index (χ1) is 16.0. The van der Waals surface area contributed by atoms with Gasteiger partial charge in [-0.2, -0.15) is 5.06 Å². The summed E-state index contributed by atoms with van der Waals surface area (Å²) in [6.07, 6.45) is -1.29. The molecule has 4 aromatic rings. The maximum absolute atomic E-state index is 12.4. The van der Waals surface area contributed by atoms with Crippen molar-refractivity contribution < 1.29 is 28.7 Å². The van der Waals surface area contributed by atoms with Crippen LogP contribution >= 0.6 is 0 Å². The first kappa shape index (κ1) is 22.1. The minimum Gasteiger partial charge on any atom is -0.467 e. The molecule has 1 aromatic heterocycles. The zero-order chi connectivity index (χ0) is 23.2. The Balaban J connectivity index is 1.53. The van der Waals surface area contributed by atoms with Gasteiger partial charge in [-0.1, -0.05) is 66.7 Å². The van der Waals surface area contributed by atoms with Gasteiger partial charge in [0.15, 0.2) is 6.04 Å². The van der Waals surface area contributed by atoms with Gasteiger partial charge in [0.25, 0.3) is 0 Å². The highest BCUT2D eigenvalue weighted by Crippen LogP contribution is 2.27. The summed E-state index contributed by atoms with van der Waals surface area (Å²) in [7, 11) is 1.21. The molecule has 1 amide bonds. The van der Waals surface area contributed by atoms with E-state index in [1.807, 2.05) is 66.7 Å². The van der Waals surface area contributed by atoms with Crippen molar-refractivity contribution in [3.8, 4) is 11.1 Å². The highest BCUT2D eigenvalue weighted by molar-refractivity contribution is 5.84. The lowest BCUT2D eigenvalue weighted by atomic mass is 10.0. The summed E-state index contributed by atoms with van der Waals surface area (Å²) in [6, 6.07) is 25.5. The molecule has 0 aliphatic carbocycles. The van der Waals surface area contributed by atoms with Gasteiger partial charge >= 0.3 is 12.1 Å². The normalized spacial score (nSPS) is 11.8. The van der Waals surface area contributed by atoms with E-state index in [-0.39, 0.29) is 13.0 Å². The predicted octanol–water partition coefficient (Wildman–Crippen LogP) is 5.30. The van der Waals surface area contributed by atoms with Crippen LogP contribution in [0.1, 0.15) is 11.3 Å². The van der Waals surface area contributed by atoms with E-state index < -0.39 is 18.1 Å². The smallest absolute Gasteiger partial charge is 0.432 e. The second kappa shape index (κ2) is 10.0. The number of hydrogen-bond acceptors (Lipinski definition) is 5. The maximum Gasteiger partial charge on any atom is 0.432 e. The molecule has 0 aliphatic rings. The zero-order valence-corrected chi connectivity index (χ0v) is 18.0. The Kier molecular flexibility index (Phi) is 6.71. The molecule has 3 aromatic carbocycles. The number of methoxy groups -OCH3 is 1. The third kappa shape index (κ3) is 5.22. The Morgan fingerprint density at radius 3 is 2.30 bits per heavy atom. The van der Waals surface area contributed by atoms with E-state index in [0.29, 0.717) is 16.4 Å². The summed E-state index contributed by atoms with van der Waals surface area (Å²) in [5, 5.41) is 11.2. The van der Waals surface area contributed by atoms with Crippen molar-refractivity contribution in [2.45, 2.75) is 19.1 Å². The number of carboxylic acid groups (broad SMARTS) is 1. The predicted molar refractivity (Wildman–Crippen MR) is 122 cm³/mol. The van der Waals surface area contributed by atoms with Gasteiger partial charge in [-0.05, 0) is 34.9 Å². The van der Waals surface area contributed by atoms with Gasteiger partial charge < -0.3 is 14.3 Å². The van der Waals surface area contributed by atoms with Crippen molar-refractivity contribution in [3.63, 3.8) is 0 Å². The second-order valence-corrected chi connectivity index (χ2v) is 7.44. The standard InChI is InChI=1S/C26H23NO6/c1-31-25(28)23(14-18-8-4-2-5-9-18)27(26(29)30)32-17-22-16-21-15-20(12-13-24(21)33-22)19-10-6-3-7-11-19/h2-13,15-16,23H,14,17H2,1H3,(H,29,30)/t23-/m1/s1. The fourth-order valence-electron chi connectivity index (χ4n) is 3.63. The molecule has 0 saturated heterocycles. The highest BCUT2D eigenvalue weighted by Gasteiger charge is 2.32.